The first-order valence-electron chi connectivity index (χ1n) is 16.9. The maximum Gasteiger partial charge on any atom is 0.408 e. The van der Waals surface area contributed by atoms with E-state index in [-0.39, 0.29) is 41.3 Å². The van der Waals surface area contributed by atoms with Gasteiger partial charge in [0.1, 0.15) is 11.6 Å². The van der Waals surface area contributed by atoms with Gasteiger partial charge in [-0.3, -0.25) is 9.59 Å². The topological polar surface area (TPSA) is 169 Å². The van der Waals surface area contributed by atoms with E-state index in [0.29, 0.717) is 44.5 Å². The Morgan fingerprint density at radius 1 is 1.06 bits per heavy atom. The van der Waals surface area contributed by atoms with Gasteiger partial charge < -0.3 is 25.0 Å². The fourth-order valence-electron chi connectivity index (χ4n) is 6.26. The van der Waals surface area contributed by atoms with Crippen LogP contribution < -0.4 is 20.1 Å². The number of likely N-dealkylation sites (tertiary alicyclic amines) is 1. The maximum absolute atomic E-state index is 13.7. The number of nitrogens with one attached hydrogen (secondary N) is 3. The molecule has 3 amide bonds. The predicted octanol–water partition coefficient (Wildman–Crippen LogP) is 4.99. The summed E-state index contributed by atoms with van der Waals surface area (Å²) in [7, 11) is -4.16. The summed E-state index contributed by atoms with van der Waals surface area (Å²) in [5.41, 5.74) is 2.10. The van der Waals surface area contributed by atoms with Crippen LogP contribution in [0.2, 0.25) is 0 Å². The quantitative estimate of drug-likeness (QED) is 0.331. The van der Waals surface area contributed by atoms with Gasteiger partial charge in [0.15, 0.2) is 0 Å². The molecule has 3 heterocycles. The van der Waals surface area contributed by atoms with Crippen LogP contribution in [-0.2, 0) is 19.6 Å². The number of amides is 3. The van der Waals surface area contributed by atoms with E-state index in [9.17, 15) is 22.8 Å². The van der Waals surface area contributed by atoms with Crippen molar-refractivity contribution in [3.8, 4) is 17.1 Å². The molecule has 268 valence electrons. The lowest BCUT2D eigenvalue weighted by Gasteiger charge is -2.42. The minimum Gasteiger partial charge on any atom is -0.477 e. The Morgan fingerprint density at radius 2 is 1.74 bits per heavy atom. The molecule has 1 aromatic heterocycles. The van der Waals surface area contributed by atoms with Gasteiger partial charge in [-0.25, -0.2) is 22.9 Å². The van der Waals surface area contributed by atoms with Crippen LogP contribution in [0.5, 0.6) is 5.88 Å². The van der Waals surface area contributed by atoms with Gasteiger partial charge in [-0.05, 0) is 83.2 Å². The van der Waals surface area contributed by atoms with Crippen molar-refractivity contribution in [3.63, 3.8) is 0 Å². The Bertz CT molecular complexity index is 1850. The van der Waals surface area contributed by atoms with Crippen LogP contribution in [0.25, 0.3) is 11.3 Å². The van der Waals surface area contributed by atoms with Gasteiger partial charge in [0, 0.05) is 42.2 Å². The van der Waals surface area contributed by atoms with Crippen molar-refractivity contribution >= 4 is 33.9 Å². The van der Waals surface area contributed by atoms with Gasteiger partial charge in [-0.15, -0.1) is 0 Å². The second kappa shape index (κ2) is 14.6. The number of aryl methyl sites for hydroxylation is 2. The van der Waals surface area contributed by atoms with Crippen molar-refractivity contribution in [2.24, 2.45) is 5.41 Å². The summed E-state index contributed by atoms with van der Waals surface area (Å²) in [4.78, 5) is 50.2. The van der Waals surface area contributed by atoms with Crippen molar-refractivity contribution in [1.82, 2.24) is 25.5 Å². The first kappa shape index (κ1) is 36.6. The Kier molecular flexibility index (Phi) is 10.7. The molecule has 3 aromatic rings. The zero-order valence-electron chi connectivity index (χ0n) is 29.5. The molecule has 2 aromatic carbocycles. The zero-order valence-corrected chi connectivity index (χ0v) is 30.3. The highest BCUT2D eigenvalue weighted by atomic mass is 32.2. The average molecular weight is 707 g/mol. The summed E-state index contributed by atoms with van der Waals surface area (Å²) in [5, 5.41) is 5.73. The van der Waals surface area contributed by atoms with Crippen LogP contribution in [-0.4, -0.2) is 79.1 Å². The van der Waals surface area contributed by atoms with E-state index in [0.717, 1.165) is 16.7 Å². The maximum atomic E-state index is 13.7. The number of carbonyl (C=O) groups excluding carboxylic acids is 3. The van der Waals surface area contributed by atoms with E-state index >= 15 is 0 Å². The van der Waals surface area contributed by atoms with E-state index in [1.165, 1.54) is 18.2 Å². The van der Waals surface area contributed by atoms with E-state index < -0.39 is 39.1 Å². The minimum absolute atomic E-state index is 0.117. The van der Waals surface area contributed by atoms with Crippen molar-refractivity contribution < 1.29 is 32.3 Å². The monoisotopic (exact) mass is 706 g/mol. The number of alkyl carbamates (subject to hydrolysis) is 1. The number of nitrogens with zero attached hydrogens (tertiary/aromatic N) is 3. The summed E-state index contributed by atoms with van der Waals surface area (Å²) in [5.74, 6) is -0.634. The van der Waals surface area contributed by atoms with Gasteiger partial charge in [0.05, 0.1) is 17.2 Å². The molecule has 0 aliphatic carbocycles. The molecule has 1 saturated heterocycles. The van der Waals surface area contributed by atoms with Gasteiger partial charge in [0.2, 0.25) is 17.7 Å². The number of hydrogen-bond acceptors (Lipinski definition) is 9. The molecule has 1 fully saturated rings. The summed E-state index contributed by atoms with van der Waals surface area (Å²) >= 11 is 0. The number of benzene rings is 2. The van der Waals surface area contributed by atoms with Crippen molar-refractivity contribution in [1.29, 1.82) is 0 Å². The summed E-state index contributed by atoms with van der Waals surface area (Å²) < 4.78 is 41.1. The lowest BCUT2D eigenvalue weighted by atomic mass is 9.78. The number of piperidine rings is 1. The SMILES string of the molecule is CCC[C@H](NC(=O)OC(C)(C)C)C(=O)N1CCC2(CC1)CNC(=O)c1cccc(c1)S(=O)(=O)Nc1nc(cc(-c3c(C)cccc3C)n1)OC2. The standard InChI is InChI=1S/C36H46N6O7S/c1-7-10-27(39-34(45)49-35(4,5)6)32(44)42-17-15-36(16-18-42)21-37-31(43)25-13-9-14-26(19-25)50(46,47)41-33-38-28(20-29(40-33)48-22-36)30-23(2)11-8-12-24(30)3/h8-9,11-14,19-20,27H,7,10,15-18,21-22H2,1-6H3,(H,37,43)(H,39,45)(H,38,40,41)/t27-/m0/s1. The number of fused-ring (bicyclic) bond motifs is 4. The number of ether oxygens (including phenoxy) is 2. The van der Waals surface area contributed by atoms with Crippen molar-refractivity contribution in [2.75, 3.05) is 31.0 Å². The van der Waals surface area contributed by atoms with Crippen molar-refractivity contribution in [2.45, 2.75) is 83.8 Å². The number of carbonyl (C=O) groups is 3. The van der Waals surface area contributed by atoms with Gasteiger partial charge in [0.25, 0.3) is 15.9 Å². The zero-order chi connectivity index (χ0) is 36.3. The Hall–Kier alpha value is -4.72. The molecule has 0 unspecified atom stereocenters. The van der Waals surface area contributed by atoms with Gasteiger partial charge in [-0.2, -0.15) is 4.98 Å². The lowest BCUT2D eigenvalue weighted by molar-refractivity contribution is -0.136. The van der Waals surface area contributed by atoms with Crippen LogP contribution in [0, 0.1) is 19.3 Å². The third-order valence-corrected chi connectivity index (χ3v) is 10.3. The highest BCUT2D eigenvalue weighted by molar-refractivity contribution is 7.92. The molecule has 0 saturated carbocycles. The van der Waals surface area contributed by atoms with E-state index in [2.05, 4.69) is 25.3 Å². The van der Waals surface area contributed by atoms with Gasteiger partial charge >= 0.3 is 6.09 Å². The van der Waals surface area contributed by atoms with Crippen molar-refractivity contribution in [3.05, 3.63) is 65.2 Å². The number of aromatic nitrogens is 2. The largest absolute Gasteiger partial charge is 0.477 e. The second-order valence-corrected chi connectivity index (χ2v) is 15.8. The lowest BCUT2D eigenvalue weighted by Crippen LogP contribution is -2.55. The van der Waals surface area contributed by atoms with E-state index in [1.54, 1.807) is 37.8 Å². The molecular weight excluding hydrogens is 660 g/mol. The third-order valence-electron chi connectivity index (χ3n) is 8.92. The highest BCUT2D eigenvalue weighted by Crippen LogP contribution is 2.34. The van der Waals surface area contributed by atoms with Crippen LogP contribution in [0.1, 0.15) is 74.9 Å². The van der Waals surface area contributed by atoms with Crippen LogP contribution in [0.3, 0.4) is 0 Å². The molecule has 1 spiro atoms. The molecule has 13 nitrogen and oxygen atoms in total. The number of rotatable bonds is 5. The van der Waals surface area contributed by atoms with Crippen LogP contribution in [0.4, 0.5) is 10.7 Å². The molecule has 4 bridgehead atoms. The normalized spacial score (nSPS) is 17.7. The summed E-state index contributed by atoms with van der Waals surface area (Å²) in [6, 6.07) is 12.6. The first-order valence-corrected chi connectivity index (χ1v) is 18.3. The number of sulfonamides is 1. The smallest absolute Gasteiger partial charge is 0.408 e. The second-order valence-electron chi connectivity index (χ2n) is 14.1. The van der Waals surface area contributed by atoms with E-state index in [1.807, 2.05) is 39.0 Å². The Labute approximate surface area is 293 Å². The van der Waals surface area contributed by atoms with Crippen LogP contribution in [0.15, 0.2) is 53.4 Å². The van der Waals surface area contributed by atoms with Crippen LogP contribution >= 0.6 is 0 Å². The highest BCUT2D eigenvalue weighted by Gasteiger charge is 2.39. The molecule has 3 N–H and O–H groups in total. The predicted molar refractivity (Wildman–Crippen MR) is 188 cm³/mol. The summed E-state index contributed by atoms with van der Waals surface area (Å²) in [6.07, 6.45) is 1.47. The molecule has 5 rings (SSSR count). The number of anilines is 1. The average Bonchev–Trinajstić information content (AvgIpc) is 3.05. The number of hydrogen-bond donors (Lipinski definition) is 3. The third kappa shape index (κ3) is 8.70. The van der Waals surface area contributed by atoms with E-state index in [4.69, 9.17) is 9.47 Å². The fourth-order valence-corrected chi connectivity index (χ4v) is 7.25. The molecule has 14 heteroatoms. The Balaban J connectivity index is 1.45. The minimum atomic E-state index is -4.16. The fraction of sp³-hybridized carbons (Fsp3) is 0.472. The summed E-state index contributed by atoms with van der Waals surface area (Å²) in [6.45, 7) is 12.2. The van der Waals surface area contributed by atoms with Gasteiger partial charge in [-0.1, -0.05) is 37.6 Å². The molecule has 2 aliphatic heterocycles. The Morgan fingerprint density at radius 3 is 2.40 bits per heavy atom. The molecule has 50 heavy (non-hydrogen) atoms. The first-order chi connectivity index (χ1) is 23.6. The molecule has 0 radical (unpaired) electrons. The molecule has 1 atom stereocenters. The molecule has 2 aliphatic rings. The molecular formula is C36H46N6O7S.